The minimum atomic E-state index is -0.722. The Hall–Kier alpha value is -3.39. The number of anilines is 1. The van der Waals surface area contributed by atoms with E-state index in [1.54, 1.807) is 19.1 Å². The summed E-state index contributed by atoms with van der Waals surface area (Å²) in [6, 6.07) is 7.00. The smallest absolute Gasteiger partial charge is 0.282 e. The number of non-ortho nitro benzene ring substituents is 1. The van der Waals surface area contributed by atoms with Crippen molar-refractivity contribution in [3.63, 3.8) is 0 Å². The number of hydrazine groups is 1. The van der Waals surface area contributed by atoms with Crippen molar-refractivity contribution >= 4 is 40.9 Å². The molecule has 9 heteroatoms. The Bertz CT molecular complexity index is 1030. The van der Waals surface area contributed by atoms with Gasteiger partial charge < -0.3 is 5.11 Å². The third-order valence-corrected chi connectivity index (χ3v) is 4.51. The lowest BCUT2D eigenvalue weighted by Gasteiger charge is -2.15. The third kappa shape index (κ3) is 3.34. The fourth-order valence-corrected chi connectivity index (χ4v) is 2.78. The Kier molecular flexibility index (Phi) is 4.59. The van der Waals surface area contributed by atoms with Gasteiger partial charge in [0.25, 0.3) is 17.5 Å². The average molecular weight is 387 g/mol. The number of nitrogens with one attached hydrogen (secondary N) is 1. The molecular formula is C18H13ClN3O5-. The predicted octanol–water partition coefficient (Wildman–Crippen LogP) is 2.40. The number of aryl methyl sites for hydroxylation is 2. The molecule has 1 fully saturated rings. The highest BCUT2D eigenvalue weighted by Gasteiger charge is 2.34. The fraction of sp³-hybridized carbons (Fsp3) is 0.111. The molecule has 2 aromatic carbocycles. The predicted molar refractivity (Wildman–Crippen MR) is 97.1 cm³/mol. The van der Waals surface area contributed by atoms with E-state index in [1.807, 2.05) is 0 Å². The van der Waals surface area contributed by atoms with Gasteiger partial charge in [0.05, 0.1) is 10.6 Å². The number of nitrogens with zero attached hydrogens (tertiary/aromatic N) is 2. The van der Waals surface area contributed by atoms with Gasteiger partial charge in [-0.2, -0.15) is 0 Å². The number of halogens is 1. The molecule has 0 atom stereocenters. The summed E-state index contributed by atoms with van der Waals surface area (Å²) in [5.74, 6) is -1.91. The molecule has 2 amide bonds. The maximum Gasteiger partial charge on any atom is 0.282 e. The number of rotatable bonds is 3. The van der Waals surface area contributed by atoms with Crippen LogP contribution in [-0.2, 0) is 9.59 Å². The second-order valence-electron chi connectivity index (χ2n) is 6.01. The summed E-state index contributed by atoms with van der Waals surface area (Å²) in [6.45, 7) is 3.22. The van der Waals surface area contributed by atoms with E-state index in [0.717, 1.165) is 28.8 Å². The van der Waals surface area contributed by atoms with Crippen molar-refractivity contribution in [3.05, 3.63) is 67.7 Å². The van der Waals surface area contributed by atoms with E-state index < -0.39 is 22.5 Å². The van der Waals surface area contributed by atoms with Crippen molar-refractivity contribution in [1.29, 1.82) is 0 Å². The molecule has 27 heavy (non-hydrogen) atoms. The van der Waals surface area contributed by atoms with E-state index in [0.29, 0.717) is 10.7 Å². The summed E-state index contributed by atoms with van der Waals surface area (Å²) in [5.41, 5.74) is 2.98. The van der Waals surface area contributed by atoms with Crippen LogP contribution in [0.1, 0.15) is 16.7 Å². The zero-order chi connectivity index (χ0) is 19.9. The number of amides is 2. The summed E-state index contributed by atoms with van der Waals surface area (Å²) < 4.78 is 0. The second-order valence-corrected chi connectivity index (χ2v) is 6.42. The van der Waals surface area contributed by atoms with E-state index >= 15 is 0 Å². The van der Waals surface area contributed by atoms with Crippen LogP contribution in [0.2, 0.25) is 5.02 Å². The molecule has 1 N–H and O–H groups in total. The molecule has 1 saturated heterocycles. The van der Waals surface area contributed by atoms with Crippen LogP contribution in [0.5, 0.6) is 5.75 Å². The van der Waals surface area contributed by atoms with Crippen LogP contribution in [0.25, 0.3) is 6.08 Å². The van der Waals surface area contributed by atoms with Crippen LogP contribution in [0.3, 0.4) is 0 Å². The van der Waals surface area contributed by atoms with Crippen molar-refractivity contribution in [2.24, 2.45) is 0 Å². The normalized spacial score (nSPS) is 15.4. The molecule has 0 aliphatic carbocycles. The van der Waals surface area contributed by atoms with Gasteiger partial charge in [-0.15, -0.1) is 0 Å². The molecule has 1 aliphatic rings. The molecule has 0 aromatic heterocycles. The van der Waals surface area contributed by atoms with Crippen molar-refractivity contribution in [2.45, 2.75) is 13.8 Å². The summed E-state index contributed by atoms with van der Waals surface area (Å²) >= 11 is 6.06. The molecule has 3 rings (SSSR count). The highest BCUT2D eigenvalue weighted by Crippen LogP contribution is 2.30. The zero-order valence-electron chi connectivity index (χ0n) is 14.3. The summed E-state index contributed by atoms with van der Waals surface area (Å²) in [4.78, 5) is 35.2. The first kappa shape index (κ1) is 18.4. The highest BCUT2D eigenvalue weighted by molar-refractivity contribution is 6.33. The Balaban J connectivity index is 2.03. The Labute approximate surface area is 158 Å². The minimum Gasteiger partial charge on any atom is -0.872 e. The maximum absolute atomic E-state index is 12.6. The molecule has 8 nitrogen and oxygen atoms in total. The number of nitro groups is 1. The summed E-state index contributed by atoms with van der Waals surface area (Å²) in [7, 11) is 0. The second kappa shape index (κ2) is 6.73. The lowest BCUT2D eigenvalue weighted by molar-refractivity contribution is -0.385. The first-order valence-corrected chi connectivity index (χ1v) is 8.16. The molecule has 1 heterocycles. The lowest BCUT2D eigenvalue weighted by Crippen LogP contribution is -2.35. The molecule has 0 bridgehead atoms. The van der Waals surface area contributed by atoms with Gasteiger partial charge in [0.15, 0.2) is 0 Å². The quantitative estimate of drug-likeness (QED) is 0.376. The summed E-state index contributed by atoms with van der Waals surface area (Å²) in [6.07, 6.45) is 1.07. The number of hydrogen-bond donors (Lipinski definition) is 1. The van der Waals surface area contributed by atoms with Crippen LogP contribution in [0.4, 0.5) is 11.4 Å². The third-order valence-electron chi connectivity index (χ3n) is 4.10. The standard InChI is InChI=1S/C18H14ClN3O5/c1-9-3-4-12(8-15(9)19)21-18(25)14(17(24)20-21)7-11-6-13(22(26)27)5-10(2)16(11)23/h3-8,23H,1-2H3,(H,20,24)/p-1/b14-7+. The van der Waals surface area contributed by atoms with Crippen LogP contribution < -0.4 is 15.5 Å². The Morgan fingerprint density at radius 1 is 1.15 bits per heavy atom. The Morgan fingerprint density at radius 2 is 1.85 bits per heavy atom. The fourth-order valence-electron chi connectivity index (χ4n) is 2.61. The lowest BCUT2D eigenvalue weighted by atomic mass is 10.0. The molecule has 0 unspecified atom stereocenters. The topological polar surface area (TPSA) is 116 Å². The zero-order valence-corrected chi connectivity index (χ0v) is 15.0. The number of carbonyl (C=O) groups excluding carboxylic acids is 2. The number of carbonyl (C=O) groups is 2. The van der Waals surface area contributed by atoms with Crippen molar-refractivity contribution in [3.8, 4) is 5.75 Å². The number of hydrogen-bond acceptors (Lipinski definition) is 5. The molecular weight excluding hydrogens is 374 g/mol. The Morgan fingerprint density at radius 3 is 2.48 bits per heavy atom. The SMILES string of the molecule is Cc1ccc(N2NC(=O)/C(=C\c3cc([N+](=O)[O-])cc(C)c3[O-])C2=O)cc1Cl. The van der Waals surface area contributed by atoms with Gasteiger partial charge >= 0.3 is 0 Å². The van der Waals surface area contributed by atoms with Gasteiger partial charge in [-0.1, -0.05) is 29.0 Å². The van der Waals surface area contributed by atoms with E-state index in [9.17, 15) is 24.8 Å². The molecule has 0 radical (unpaired) electrons. The number of benzene rings is 2. The molecule has 0 spiro atoms. The van der Waals surface area contributed by atoms with Gasteiger partial charge in [0.2, 0.25) is 0 Å². The van der Waals surface area contributed by atoms with E-state index in [1.165, 1.54) is 13.0 Å². The van der Waals surface area contributed by atoms with Crippen molar-refractivity contribution in [2.75, 3.05) is 5.01 Å². The van der Waals surface area contributed by atoms with E-state index in [-0.39, 0.29) is 22.4 Å². The van der Waals surface area contributed by atoms with Gasteiger partial charge in [0.1, 0.15) is 5.57 Å². The van der Waals surface area contributed by atoms with E-state index in [4.69, 9.17) is 11.6 Å². The van der Waals surface area contributed by atoms with Crippen molar-refractivity contribution in [1.82, 2.24) is 5.43 Å². The molecule has 138 valence electrons. The highest BCUT2D eigenvalue weighted by atomic mass is 35.5. The largest absolute Gasteiger partial charge is 0.872 e. The van der Waals surface area contributed by atoms with Crippen molar-refractivity contribution < 1.29 is 19.6 Å². The van der Waals surface area contributed by atoms with Gasteiger partial charge in [-0.3, -0.25) is 25.1 Å². The van der Waals surface area contributed by atoms with Gasteiger partial charge in [-0.05, 0) is 43.2 Å². The summed E-state index contributed by atoms with van der Waals surface area (Å²) in [5, 5.41) is 24.7. The monoisotopic (exact) mass is 386 g/mol. The molecule has 1 aliphatic heterocycles. The number of nitro benzene ring substituents is 1. The van der Waals surface area contributed by atoms with Gasteiger partial charge in [0, 0.05) is 17.2 Å². The van der Waals surface area contributed by atoms with E-state index in [2.05, 4.69) is 5.43 Å². The molecule has 0 saturated carbocycles. The van der Waals surface area contributed by atoms with Crippen LogP contribution in [0.15, 0.2) is 35.9 Å². The van der Waals surface area contributed by atoms with Crippen LogP contribution in [-0.4, -0.2) is 16.7 Å². The van der Waals surface area contributed by atoms with Crippen LogP contribution in [0, 0.1) is 24.0 Å². The van der Waals surface area contributed by atoms with Gasteiger partial charge in [-0.25, -0.2) is 5.01 Å². The first-order valence-electron chi connectivity index (χ1n) is 7.78. The average Bonchev–Trinajstić information content (AvgIpc) is 2.89. The van der Waals surface area contributed by atoms with Crippen LogP contribution >= 0.6 is 11.6 Å². The minimum absolute atomic E-state index is 0.107. The maximum atomic E-state index is 12.6. The molecule has 2 aromatic rings. The first-order chi connectivity index (χ1) is 12.7.